The maximum atomic E-state index is 6.33. The molecule has 0 unspecified atom stereocenters. The second-order valence-corrected chi connectivity index (χ2v) is 8.11. The Morgan fingerprint density at radius 3 is 2.87 bits per heavy atom. The van der Waals surface area contributed by atoms with E-state index in [1.165, 1.54) is 0 Å². The van der Waals surface area contributed by atoms with E-state index in [0.717, 1.165) is 51.6 Å². The van der Waals surface area contributed by atoms with Crippen LogP contribution >= 0.6 is 11.6 Å². The molecule has 0 amide bonds. The summed E-state index contributed by atoms with van der Waals surface area (Å²) in [4.78, 5) is 9.15. The molecular formula is C23H18ClN7. The molecule has 8 heteroatoms. The summed E-state index contributed by atoms with van der Waals surface area (Å²) in [6.45, 7) is 0.616. The van der Waals surface area contributed by atoms with Gasteiger partial charge in [0.05, 0.1) is 41.2 Å². The van der Waals surface area contributed by atoms with E-state index in [0.29, 0.717) is 11.6 Å². The maximum Gasteiger partial charge on any atom is 0.100 e. The summed E-state index contributed by atoms with van der Waals surface area (Å²) >= 11 is 6.33. The van der Waals surface area contributed by atoms with Gasteiger partial charge in [-0.05, 0) is 30.3 Å². The zero-order chi connectivity index (χ0) is 20.9. The smallest absolute Gasteiger partial charge is 0.100 e. The van der Waals surface area contributed by atoms with Gasteiger partial charge in [-0.15, -0.1) is 0 Å². The van der Waals surface area contributed by atoms with Crippen LogP contribution in [0.5, 0.6) is 0 Å². The molecule has 0 spiro atoms. The molecule has 0 atom stereocenters. The van der Waals surface area contributed by atoms with Crippen LogP contribution in [0.3, 0.4) is 0 Å². The van der Waals surface area contributed by atoms with Gasteiger partial charge in [-0.1, -0.05) is 17.7 Å². The molecule has 7 nitrogen and oxygen atoms in total. The van der Waals surface area contributed by atoms with Crippen molar-refractivity contribution in [3.8, 4) is 28.2 Å². The van der Waals surface area contributed by atoms with Crippen LogP contribution in [-0.2, 0) is 20.0 Å². The van der Waals surface area contributed by atoms with Crippen molar-refractivity contribution < 1.29 is 0 Å². The highest BCUT2D eigenvalue weighted by molar-refractivity contribution is 6.31. The lowest BCUT2D eigenvalue weighted by molar-refractivity contribution is 0.673. The Bertz CT molecular complexity index is 1410. The average Bonchev–Trinajstić information content (AvgIpc) is 3.46. The van der Waals surface area contributed by atoms with Crippen molar-refractivity contribution in [2.24, 2.45) is 7.05 Å². The van der Waals surface area contributed by atoms with Gasteiger partial charge < -0.3 is 4.57 Å². The van der Waals surface area contributed by atoms with Crippen molar-refractivity contribution in [2.75, 3.05) is 0 Å². The Balaban J connectivity index is 1.46. The largest absolute Gasteiger partial charge is 0.302 e. The average molecular weight is 428 g/mol. The number of nitrogens with zero attached hydrogens (tertiary/aromatic N) is 7. The summed E-state index contributed by atoms with van der Waals surface area (Å²) in [6, 6.07) is 11.8. The topological polar surface area (TPSA) is 66.3 Å². The molecular weight excluding hydrogens is 410 g/mol. The van der Waals surface area contributed by atoms with Crippen LogP contribution in [0.2, 0.25) is 5.02 Å². The van der Waals surface area contributed by atoms with Gasteiger partial charge in [0, 0.05) is 53.8 Å². The van der Waals surface area contributed by atoms with Gasteiger partial charge in [0.15, 0.2) is 0 Å². The molecule has 1 aliphatic heterocycles. The van der Waals surface area contributed by atoms with E-state index in [2.05, 4.69) is 20.8 Å². The van der Waals surface area contributed by atoms with Crippen LogP contribution in [0.15, 0.2) is 67.5 Å². The lowest BCUT2D eigenvalue weighted by atomic mass is 10.0. The first-order valence-electron chi connectivity index (χ1n) is 9.97. The number of imidazole rings is 1. The molecule has 0 saturated carbocycles. The van der Waals surface area contributed by atoms with Crippen molar-refractivity contribution in [1.29, 1.82) is 0 Å². The van der Waals surface area contributed by atoms with E-state index in [9.17, 15) is 0 Å². The van der Waals surface area contributed by atoms with Crippen LogP contribution in [0.4, 0.5) is 0 Å². The Morgan fingerprint density at radius 1 is 1.06 bits per heavy atom. The number of aryl methyl sites for hydroxylation is 1. The van der Waals surface area contributed by atoms with Crippen LogP contribution < -0.4 is 0 Å². The van der Waals surface area contributed by atoms with Crippen molar-refractivity contribution in [3.05, 3.63) is 89.5 Å². The molecule has 0 N–H and O–H groups in total. The monoisotopic (exact) mass is 427 g/mol. The van der Waals surface area contributed by atoms with Gasteiger partial charge in [-0.25, -0.2) is 4.98 Å². The second kappa shape index (κ2) is 6.92. The number of aromatic nitrogens is 7. The fourth-order valence-electron chi connectivity index (χ4n) is 4.20. The van der Waals surface area contributed by atoms with Gasteiger partial charge in [-0.2, -0.15) is 10.2 Å². The highest BCUT2D eigenvalue weighted by Crippen LogP contribution is 2.38. The predicted octanol–water partition coefficient (Wildman–Crippen LogP) is 4.14. The Morgan fingerprint density at radius 2 is 2.00 bits per heavy atom. The Labute approximate surface area is 183 Å². The number of hydrogen-bond donors (Lipinski definition) is 0. The van der Waals surface area contributed by atoms with Crippen molar-refractivity contribution in [3.63, 3.8) is 0 Å². The zero-order valence-electron chi connectivity index (χ0n) is 16.8. The molecule has 4 aromatic heterocycles. The number of benzene rings is 1. The lowest BCUT2D eigenvalue weighted by Gasteiger charge is -2.10. The van der Waals surface area contributed by atoms with E-state index in [1.807, 2.05) is 71.5 Å². The minimum Gasteiger partial charge on any atom is -0.302 e. The third kappa shape index (κ3) is 3.05. The minimum atomic E-state index is 0.616. The summed E-state index contributed by atoms with van der Waals surface area (Å²) in [6.07, 6.45) is 10.3. The highest BCUT2D eigenvalue weighted by Gasteiger charge is 2.25. The molecule has 152 valence electrons. The number of rotatable bonds is 3. The van der Waals surface area contributed by atoms with E-state index < -0.39 is 0 Å². The Kier molecular flexibility index (Phi) is 4.04. The van der Waals surface area contributed by atoms with Crippen molar-refractivity contribution >= 4 is 11.6 Å². The van der Waals surface area contributed by atoms with E-state index in [1.54, 1.807) is 6.20 Å². The molecule has 5 heterocycles. The molecule has 0 fully saturated rings. The van der Waals surface area contributed by atoms with Crippen molar-refractivity contribution in [1.82, 2.24) is 34.1 Å². The molecule has 1 aliphatic rings. The SMILES string of the molecule is Cn1cc2c(n1)-c1cc(Cl)ccc1-n1cnc(-c3cnn(Cc4ccccn4)c3)c1C2. The molecule has 0 radical (unpaired) electrons. The zero-order valence-corrected chi connectivity index (χ0v) is 17.5. The van der Waals surface area contributed by atoms with Gasteiger partial charge in [-0.3, -0.25) is 14.3 Å². The summed E-state index contributed by atoms with van der Waals surface area (Å²) in [5.41, 5.74) is 8.11. The van der Waals surface area contributed by atoms with Gasteiger partial charge in [0.1, 0.15) is 6.33 Å². The Hall–Kier alpha value is -3.71. The van der Waals surface area contributed by atoms with E-state index in [-0.39, 0.29) is 0 Å². The van der Waals surface area contributed by atoms with Gasteiger partial charge in [0.25, 0.3) is 0 Å². The molecule has 5 aromatic rings. The fraction of sp³-hybridized carbons (Fsp3) is 0.130. The molecule has 0 aliphatic carbocycles. The normalized spacial score (nSPS) is 12.2. The number of halogens is 1. The molecule has 6 rings (SSSR count). The molecule has 0 saturated heterocycles. The molecule has 1 aromatic carbocycles. The van der Waals surface area contributed by atoms with Crippen LogP contribution in [0.25, 0.3) is 28.2 Å². The number of hydrogen-bond acceptors (Lipinski definition) is 4. The number of fused-ring (bicyclic) bond motifs is 5. The highest BCUT2D eigenvalue weighted by atomic mass is 35.5. The summed E-state index contributed by atoms with van der Waals surface area (Å²) in [5, 5.41) is 9.94. The fourth-order valence-corrected chi connectivity index (χ4v) is 4.38. The van der Waals surface area contributed by atoms with E-state index >= 15 is 0 Å². The third-order valence-corrected chi connectivity index (χ3v) is 5.79. The molecule has 0 bridgehead atoms. The van der Waals surface area contributed by atoms with Gasteiger partial charge >= 0.3 is 0 Å². The van der Waals surface area contributed by atoms with Crippen molar-refractivity contribution in [2.45, 2.75) is 13.0 Å². The van der Waals surface area contributed by atoms with E-state index in [4.69, 9.17) is 21.7 Å². The van der Waals surface area contributed by atoms with Crippen LogP contribution in [0, 0.1) is 0 Å². The first kappa shape index (κ1) is 18.1. The second-order valence-electron chi connectivity index (χ2n) is 7.67. The molecule has 31 heavy (non-hydrogen) atoms. The number of pyridine rings is 1. The minimum absolute atomic E-state index is 0.616. The lowest BCUT2D eigenvalue weighted by Crippen LogP contribution is -2.01. The first-order chi connectivity index (χ1) is 15.2. The summed E-state index contributed by atoms with van der Waals surface area (Å²) < 4.78 is 5.88. The standard InChI is InChI=1S/C23H18ClN7/c1-29-11-15-8-21-23(16-10-27-30(12-16)13-18-4-2-3-7-25-18)26-14-31(21)20-6-5-17(24)9-19(20)22(15)28-29/h2-7,9-12,14H,8,13H2,1H3. The maximum absolute atomic E-state index is 6.33. The quantitative estimate of drug-likeness (QED) is 0.425. The van der Waals surface area contributed by atoms with Crippen LogP contribution in [-0.4, -0.2) is 34.1 Å². The summed E-state index contributed by atoms with van der Waals surface area (Å²) in [7, 11) is 1.94. The summed E-state index contributed by atoms with van der Waals surface area (Å²) in [5.74, 6) is 0. The third-order valence-electron chi connectivity index (χ3n) is 5.56. The van der Waals surface area contributed by atoms with Crippen LogP contribution in [0.1, 0.15) is 17.0 Å². The first-order valence-corrected chi connectivity index (χ1v) is 10.4. The van der Waals surface area contributed by atoms with Gasteiger partial charge in [0.2, 0.25) is 0 Å². The predicted molar refractivity (Wildman–Crippen MR) is 118 cm³/mol.